The van der Waals surface area contributed by atoms with Crippen LogP contribution in [0.25, 0.3) is 0 Å². The number of pyridine rings is 1. The van der Waals surface area contributed by atoms with E-state index in [-0.39, 0.29) is 6.61 Å². The lowest BCUT2D eigenvalue weighted by atomic mass is 10.2. The summed E-state index contributed by atoms with van der Waals surface area (Å²) in [4.78, 5) is 17.2. The molecule has 0 fully saturated rings. The van der Waals surface area contributed by atoms with Gasteiger partial charge in [-0.2, -0.15) is 0 Å². The second kappa shape index (κ2) is 6.78. The summed E-state index contributed by atoms with van der Waals surface area (Å²) < 4.78 is 11.4. The van der Waals surface area contributed by atoms with Gasteiger partial charge in [0.1, 0.15) is 12.2 Å². The molecule has 20 heavy (non-hydrogen) atoms. The van der Waals surface area contributed by atoms with Gasteiger partial charge in [-0.1, -0.05) is 0 Å². The van der Waals surface area contributed by atoms with Crippen LogP contribution in [0.15, 0.2) is 16.7 Å². The molecule has 0 aliphatic heterocycles. The molecule has 0 atom stereocenters. The van der Waals surface area contributed by atoms with E-state index in [1.165, 1.54) is 4.90 Å². The molecule has 0 unspecified atom stereocenters. The molecule has 0 saturated heterocycles. The Morgan fingerprint density at radius 1 is 1.50 bits per heavy atom. The van der Waals surface area contributed by atoms with E-state index in [4.69, 9.17) is 15.2 Å². The number of hydrogen-bond acceptors (Lipinski definition) is 5. The van der Waals surface area contributed by atoms with Gasteiger partial charge in [0.15, 0.2) is 0 Å². The van der Waals surface area contributed by atoms with Crippen LogP contribution in [-0.4, -0.2) is 41.8 Å². The van der Waals surface area contributed by atoms with Crippen molar-refractivity contribution in [1.29, 1.82) is 0 Å². The van der Waals surface area contributed by atoms with Gasteiger partial charge in [-0.05, 0) is 42.8 Å². The smallest absolute Gasteiger partial charge is 0.410 e. The van der Waals surface area contributed by atoms with Gasteiger partial charge in [-0.3, -0.25) is 0 Å². The molecule has 1 heterocycles. The minimum atomic E-state index is -0.510. The number of halogens is 1. The molecule has 0 radical (unpaired) electrons. The molecular weight excluding hydrogens is 326 g/mol. The van der Waals surface area contributed by atoms with E-state index >= 15 is 0 Å². The summed E-state index contributed by atoms with van der Waals surface area (Å²) in [6.45, 7) is 6.13. The Kier molecular flexibility index (Phi) is 5.62. The molecule has 112 valence electrons. The fraction of sp³-hybridized carbons (Fsp3) is 0.538. The Morgan fingerprint density at radius 2 is 2.15 bits per heavy atom. The zero-order chi connectivity index (χ0) is 15.3. The molecule has 0 spiro atoms. The van der Waals surface area contributed by atoms with Crippen molar-refractivity contribution in [3.05, 3.63) is 16.7 Å². The van der Waals surface area contributed by atoms with Gasteiger partial charge in [-0.25, -0.2) is 9.78 Å². The lowest BCUT2D eigenvalue weighted by Gasteiger charge is -2.24. The van der Waals surface area contributed by atoms with Gasteiger partial charge in [0.2, 0.25) is 5.88 Å². The first-order chi connectivity index (χ1) is 9.19. The van der Waals surface area contributed by atoms with Crippen LogP contribution < -0.4 is 10.5 Å². The highest BCUT2D eigenvalue weighted by Gasteiger charge is 2.19. The number of nitrogen functional groups attached to an aromatic ring is 1. The van der Waals surface area contributed by atoms with Crippen LogP contribution in [0.4, 0.5) is 10.5 Å². The molecule has 1 rings (SSSR count). The first-order valence-corrected chi connectivity index (χ1v) is 6.96. The van der Waals surface area contributed by atoms with Crippen LogP contribution in [0.5, 0.6) is 5.88 Å². The molecule has 0 saturated carbocycles. The van der Waals surface area contributed by atoms with Gasteiger partial charge in [0.25, 0.3) is 0 Å². The van der Waals surface area contributed by atoms with E-state index in [9.17, 15) is 4.79 Å². The van der Waals surface area contributed by atoms with Crippen LogP contribution in [0.1, 0.15) is 20.8 Å². The molecule has 1 aromatic heterocycles. The molecule has 0 aliphatic carbocycles. The third-order valence-corrected chi connectivity index (χ3v) is 2.65. The normalized spacial score (nSPS) is 11.1. The number of ether oxygens (including phenoxy) is 2. The van der Waals surface area contributed by atoms with Crippen molar-refractivity contribution in [3.63, 3.8) is 0 Å². The van der Waals surface area contributed by atoms with Crippen molar-refractivity contribution < 1.29 is 14.3 Å². The number of nitrogens with two attached hydrogens (primary N) is 1. The van der Waals surface area contributed by atoms with E-state index in [0.29, 0.717) is 18.1 Å². The van der Waals surface area contributed by atoms with Gasteiger partial charge in [-0.15, -0.1) is 0 Å². The quantitative estimate of drug-likeness (QED) is 0.907. The van der Waals surface area contributed by atoms with Crippen molar-refractivity contribution >= 4 is 27.7 Å². The summed E-state index contributed by atoms with van der Waals surface area (Å²) in [5.74, 6) is 0.353. The van der Waals surface area contributed by atoms with Crippen LogP contribution in [0.3, 0.4) is 0 Å². The number of carbonyl (C=O) groups excluding carboxylic acids is 1. The first kappa shape index (κ1) is 16.6. The zero-order valence-electron chi connectivity index (χ0n) is 12.1. The van der Waals surface area contributed by atoms with Crippen molar-refractivity contribution in [2.24, 2.45) is 0 Å². The van der Waals surface area contributed by atoms with Gasteiger partial charge >= 0.3 is 6.09 Å². The number of aromatic nitrogens is 1. The molecule has 7 heteroatoms. The number of anilines is 1. The summed E-state index contributed by atoms with van der Waals surface area (Å²) >= 11 is 3.27. The molecule has 0 bridgehead atoms. The van der Waals surface area contributed by atoms with E-state index in [0.717, 1.165) is 4.47 Å². The number of nitrogens with zero attached hydrogens (tertiary/aromatic N) is 2. The lowest BCUT2D eigenvalue weighted by molar-refractivity contribution is 0.0277. The maximum atomic E-state index is 11.7. The Hall–Kier alpha value is -1.50. The highest BCUT2D eigenvalue weighted by atomic mass is 79.9. The first-order valence-electron chi connectivity index (χ1n) is 6.17. The highest BCUT2D eigenvalue weighted by Crippen LogP contribution is 2.21. The monoisotopic (exact) mass is 345 g/mol. The maximum absolute atomic E-state index is 11.7. The number of likely N-dealkylation sites (N-methyl/N-ethyl adjacent to an activating group) is 1. The summed E-state index contributed by atoms with van der Waals surface area (Å²) in [6, 6.07) is 1.71. The summed E-state index contributed by atoms with van der Waals surface area (Å²) in [5.41, 5.74) is 5.69. The Labute approximate surface area is 127 Å². The fourth-order valence-electron chi connectivity index (χ4n) is 1.27. The minimum Gasteiger partial charge on any atom is -0.474 e. The van der Waals surface area contributed by atoms with Gasteiger partial charge < -0.3 is 20.1 Å². The Balaban J connectivity index is 2.42. The summed E-state index contributed by atoms with van der Waals surface area (Å²) in [6.07, 6.45) is 1.21. The average Bonchev–Trinajstić information content (AvgIpc) is 2.29. The van der Waals surface area contributed by atoms with Crippen molar-refractivity contribution in [3.8, 4) is 5.88 Å². The number of rotatable bonds is 4. The minimum absolute atomic E-state index is 0.286. The predicted octanol–water partition coefficient (Wildman–Crippen LogP) is 2.67. The zero-order valence-corrected chi connectivity index (χ0v) is 13.7. The second-order valence-electron chi connectivity index (χ2n) is 5.30. The standard InChI is InChI=1S/C13H20BrN3O3/c1-13(2,3)20-12(18)17(4)5-6-19-11-10(15)7-9(14)8-16-11/h7-8H,5-6,15H2,1-4H3. The van der Waals surface area contributed by atoms with Gasteiger partial charge in [0, 0.05) is 17.7 Å². The van der Waals surface area contributed by atoms with Crippen molar-refractivity contribution in [1.82, 2.24) is 9.88 Å². The molecule has 0 aliphatic rings. The Morgan fingerprint density at radius 3 is 2.70 bits per heavy atom. The average molecular weight is 346 g/mol. The molecule has 1 amide bonds. The van der Waals surface area contributed by atoms with Gasteiger partial charge in [0.05, 0.1) is 12.2 Å². The van der Waals surface area contributed by atoms with Crippen molar-refractivity contribution in [2.45, 2.75) is 26.4 Å². The highest BCUT2D eigenvalue weighted by molar-refractivity contribution is 9.10. The van der Waals surface area contributed by atoms with Crippen molar-refractivity contribution in [2.75, 3.05) is 25.9 Å². The largest absolute Gasteiger partial charge is 0.474 e. The molecule has 0 aromatic carbocycles. The molecule has 2 N–H and O–H groups in total. The number of amides is 1. The van der Waals surface area contributed by atoms with Crippen LogP contribution in [0, 0.1) is 0 Å². The predicted molar refractivity (Wildman–Crippen MR) is 80.7 cm³/mol. The van der Waals surface area contributed by atoms with Crippen LogP contribution in [0.2, 0.25) is 0 Å². The van der Waals surface area contributed by atoms with E-state index in [1.54, 1.807) is 19.3 Å². The number of carbonyl (C=O) groups is 1. The fourth-order valence-corrected chi connectivity index (χ4v) is 1.62. The third kappa shape index (κ3) is 5.64. The van der Waals surface area contributed by atoms with E-state index < -0.39 is 11.7 Å². The van der Waals surface area contributed by atoms with E-state index in [2.05, 4.69) is 20.9 Å². The second-order valence-corrected chi connectivity index (χ2v) is 6.21. The molecule has 6 nitrogen and oxygen atoms in total. The molecule has 1 aromatic rings. The van der Waals surface area contributed by atoms with Crippen LogP contribution >= 0.6 is 15.9 Å². The Bertz CT molecular complexity index is 474. The molecular formula is C13H20BrN3O3. The third-order valence-electron chi connectivity index (χ3n) is 2.22. The van der Waals surface area contributed by atoms with Crippen LogP contribution in [-0.2, 0) is 4.74 Å². The summed E-state index contributed by atoms with van der Waals surface area (Å²) in [7, 11) is 1.65. The summed E-state index contributed by atoms with van der Waals surface area (Å²) in [5, 5.41) is 0. The maximum Gasteiger partial charge on any atom is 0.410 e. The topological polar surface area (TPSA) is 77.7 Å². The SMILES string of the molecule is CN(CCOc1ncc(Br)cc1N)C(=O)OC(C)(C)C. The lowest BCUT2D eigenvalue weighted by Crippen LogP contribution is -2.36. The number of hydrogen-bond donors (Lipinski definition) is 1. The van der Waals surface area contributed by atoms with E-state index in [1.807, 2.05) is 20.8 Å².